The van der Waals surface area contributed by atoms with E-state index in [4.69, 9.17) is 0 Å². The van der Waals surface area contributed by atoms with Gasteiger partial charge in [-0.25, -0.2) is 0 Å². The zero-order valence-electron chi connectivity index (χ0n) is 15.4. The first-order valence-electron chi connectivity index (χ1n) is 8.85. The van der Waals surface area contributed by atoms with E-state index >= 15 is 0 Å². The van der Waals surface area contributed by atoms with Gasteiger partial charge in [-0.05, 0) is 63.2 Å². The Morgan fingerprint density at radius 2 is 1.81 bits per heavy atom. The summed E-state index contributed by atoms with van der Waals surface area (Å²) in [5.74, 6) is 5.39. The lowest BCUT2D eigenvalue weighted by Gasteiger charge is -2.37. The zero-order chi connectivity index (χ0) is 19.3. The van der Waals surface area contributed by atoms with Crippen LogP contribution in [0.3, 0.4) is 0 Å². The van der Waals surface area contributed by atoms with Crippen LogP contribution in [-0.2, 0) is 11.0 Å². The van der Waals surface area contributed by atoms with Gasteiger partial charge in [0.2, 0.25) is 0 Å². The Morgan fingerprint density at radius 3 is 2.31 bits per heavy atom. The molecular formula is C20H25F3N2O. The van der Waals surface area contributed by atoms with Crippen molar-refractivity contribution in [3.05, 3.63) is 35.4 Å². The molecule has 0 bridgehead atoms. The maximum absolute atomic E-state index is 12.6. The lowest BCUT2D eigenvalue weighted by molar-refractivity contribution is -0.137. The number of rotatable bonds is 3. The fraction of sp³-hybridized carbons (Fsp3) is 0.550. The average Bonchev–Trinajstić information content (AvgIpc) is 2.58. The summed E-state index contributed by atoms with van der Waals surface area (Å²) in [6.45, 7) is 6.63. The van der Waals surface area contributed by atoms with Gasteiger partial charge < -0.3 is 9.80 Å². The van der Waals surface area contributed by atoms with Crippen LogP contribution in [0, 0.1) is 17.8 Å². The number of alkyl halides is 3. The van der Waals surface area contributed by atoms with Gasteiger partial charge in [0.05, 0.1) is 5.56 Å². The Balaban J connectivity index is 2.10. The van der Waals surface area contributed by atoms with Gasteiger partial charge in [-0.15, -0.1) is 0 Å². The van der Waals surface area contributed by atoms with Crippen LogP contribution < -0.4 is 0 Å². The third kappa shape index (κ3) is 5.77. The minimum absolute atomic E-state index is 0.169. The summed E-state index contributed by atoms with van der Waals surface area (Å²) >= 11 is 0. The van der Waals surface area contributed by atoms with Crippen LogP contribution in [0.25, 0.3) is 0 Å². The molecule has 1 heterocycles. The second-order valence-corrected chi connectivity index (χ2v) is 7.21. The van der Waals surface area contributed by atoms with Gasteiger partial charge >= 0.3 is 6.18 Å². The average molecular weight is 366 g/mol. The summed E-state index contributed by atoms with van der Waals surface area (Å²) in [4.78, 5) is 16.7. The molecule has 1 saturated heterocycles. The third-order valence-electron chi connectivity index (χ3n) is 4.48. The van der Waals surface area contributed by atoms with Crippen LogP contribution in [0.15, 0.2) is 24.3 Å². The van der Waals surface area contributed by atoms with Crippen molar-refractivity contribution in [1.82, 2.24) is 9.80 Å². The number of carbonyl (C=O) groups is 1. The van der Waals surface area contributed by atoms with Crippen LogP contribution in [0.5, 0.6) is 0 Å². The van der Waals surface area contributed by atoms with E-state index in [1.807, 2.05) is 4.90 Å². The molecule has 1 aliphatic rings. The molecule has 1 fully saturated rings. The second-order valence-electron chi connectivity index (χ2n) is 7.21. The van der Waals surface area contributed by atoms with Gasteiger partial charge in [-0.3, -0.25) is 4.79 Å². The molecule has 1 aromatic rings. The molecule has 0 aliphatic carbocycles. The van der Waals surface area contributed by atoms with Crippen molar-refractivity contribution in [2.24, 2.45) is 5.92 Å². The maximum Gasteiger partial charge on any atom is 0.416 e. The first kappa shape index (κ1) is 20.3. The van der Waals surface area contributed by atoms with Crippen LogP contribution >= 0.6 is 0 Å². The monoisotopic (exact) mass is 366 g/mol. The molecule has 0 N–H and O–H groups in total. The molecule has 1 aromatic carbocycles. The highest BCUT2D eigenvalue weighted by Crippen LogP contribution is 2.29. The molecule has 0 unspecified atom stereocenters. The van der Waals surface area contributed by atoms with Crippen molar-refractivity contribution >= 4 is 5.91 Å². The molecule has 2 rings (SSSR count). The van der Waals surface area contributed by atoms with E-state index in [2.05, 4.69) is 37.6 Å². The number of hydrogen-bond donors (Lipinski definition) is 0. The van der Waals surface area contributed by atoms with E-state index < -0.39 is 11.7 Å². The highest BCUT2D eigenvalue weighted by atomic mass is 19.4. The molecule has 142 valence electrons. The molecule has 0 saturated carbocycles. The number of nitrogens with zero attached hydrogens (tertiary/aromatic N) is 2. The lowest BCUT2D eigenvalue weighted by Crippen LogP contribution is -2.47. The van der Waals surface area contributed by atoms with E-state index in [-0.39, 0.29) is 11.9 Å². The number of amides is 1. The van der Waals surface area contributed by atoms with E-state index in [0.717, 1.165) is 38.1 Å². The fourth-order valence-corrected chi connectivity index (χ4v) is 3.04. The molecule has 6 heteroatoms. The SMILES string of the molecule is CC(C)CN(C(=O)C#Cc1ccc(C(F)(F)F)cc1)C1CCN(C)CC1. The quantitative estimate of drug-likeness (QED) is 0.763. The highest BCUT2D eigenvalue weighted by Gasteiger charge is 2.30. The Labute approximate surface area is 153 Å². The minimum atomic E-state index is -4.37. The van der Waals surface area contributed by atoms with Gasteiger partial charge in [-0.2, -0.15) is 13.2 Å². The van der Waals surface area contributed by atoms with Crippen molar-refractivity contribution in [3.63, 3.8) is 0 Å². The van der Waals surface area contributed by atoms with Crippen molar-refractivity contribution in [2.75, 3.05) is 26.7 Å². The topological polar surface area (TPSA) is 23.6 Å². The van der Waals surface area contributed by atoms with Crippen molar-refractivity contribution in [2.45, 2.75) is 38.9 Å². The van der Waals surface area contributed by atoms with E-state index in [0.29, 0.717) is 18.0 Å². The number of benzene rings is 1. The Morgan fingerprint density at radius 1 is 1.23 bits per heavy atom. The summed E-state index contributed by atoms with van der Waals surface area (Å²) in [6, 6.07) is 4.73. The van der Waals surface area contributed by atoms with E-state index in [9.17, 15) is 18.0 Å². The first-order valence-corrected chi connectivity index (χ1v) is 8.85. The predicted molar refractivity (Wildman–Crippen MR) is 95.4 cm³/mol. The molecule has 0 atom stereocenters. The largest absolute Gasteiger partial charge is 0.416 e. The normalized spacial score (nSPS) is 16.3. The number of piperidine rings is 1. The molecule has 0 radical (unpaired) electrons. The Hall–Kier alpha value is -2.00. The summed E-state index contributed by atoms with van der Waals surface area (Å²) in [6.07, 6.45) is -2.54. The number of carbonyl (C=O) groups excluding carboxylic acids is 1. The van der Waals surface area contributed by atoms with Crippen molar-refractivity contribution in [3.8, 4) is 11.8 Å². The van der Waals surface area contributed by atoms with Crippen molar-refractivity contribution < 1.29 is 18.0 Å². The van der Waals surface area contributed by atoms with E-state index in [1.165, 1.54) is 12.1 Å². The molecule has 26 heavy (non-hydrogen) atoms. The standard InChI is InChI=1S/C20H25F3N2O/c1-15(2)14-25(18-10-12-24(3)13-11-18)19(26)9-6-16-4-7-17(8-5-16)20(21,22)23/h4-5,7-8,15,18H,10-14H2,1-3H3. The minimum Gasteiger partial charge on any atom is -0.329 e. The van der Waals surface area contributed by atoms with Gasteiger partial charge in [-0.1, -0.05) is 19.8 Å². The number of likely N-dealkylation sites (tertiary alicyclic amines) is 1. The Bertz CT molecular complexity index is 663. The van der Waals surface area contributed by atoms with Crippen LogP contribution in [0.4, 0.5) is 13.2 Å². The van der Waals surface area contributed by atoms with Gasteiger partial charge in [0.25, 0.3) is 5.91 Å². The van der Waals surface area contributed by atoms with Crippen LogP contribution in [-0.4, -0.2) is 48.4 Å². The Kier molecular flexibility index (Phi) is 6.71. The summed E-state index contributed by atoms with van der Waals surface area (Å²) in [5.41, 5.74) is -0.318. The van der Waals surface area contributed by atoms with Gasteiger partial charge in [0.1, 0.15) is 0 Å². The van der Waals surface area contributed by atoms with E-state index in [1.54, 1.807) is 0 Å². The first-order chi connectivity index (χ1) is 12.2. The number of halogens is 3. The van der Waals surface area contributed by atoms with Crippen LogP contribution in [0.2, 0.25) is 0 Å². The molecule has 1 amide bonds. The maximum atomic E-state index is 12.6. The summed E-state index contributed by atoms with van der Waals surface area (Å²) in [5, 5.41) is 0. The highest BCUT2D eigenvalue weighted by molar-refractivity contribution is 5.94. The van der Waals surface area contributed by atoms with Crippen molar-refractivity contribution in [1.29, 1.82) is 0 Å². The molecule has 3 nitrogen and oxygen atoms in total. The smallest absolute Gasteiger partial charge is 0.329 e. The molecular weight excluding hydrogens is 341 g/mol. The number of hydrogen-bond acceptors (Lipinski definition) is 2. The third-order valence-corrected chi connectivity index (χ3v) is 4.48. The second kappa shape index (κ2) is 8.59. The predicted octanol–water partition coefficient (Wildman–Crippen LogP) is 3.64. The summed E-state index contributed by atoms with van der Waals surface area (Å²) in [7, 11) is 2.06. The molecule has 0 aromatic heterocycles. The molecule has 0 spiro atoms. The van der Waals surface area contributed by atoms with Gasteiger partial charge in [0, 0.05) is 24.1 Å². The zero-order valence-corrected chi connectivity index (χ0v) is 15.4. The lowest BCUT2D eigenvalue weighted by atomic mass is 10.0. The van der Waals surface area contributed by atoms with Crippen LogP contribution in [0.1, 0.15) is 37.8 Å². The fourth-order valence-electron chi connectivity index (χ4n) is 3.04. The summed E-state index contributed by atoms with van der Waals surface area (Å²) < 4.78 is 37.8. The molecule has 1 aliphatic heterocycles. The van der Waals surface area contributed by atoms with Gasteiger partial charge in [0.15, 0.2) is 0 Å².